The van der Waals surface area contributed by atoms with Crippen LogP contribution in [0.5, 0.6) is 0 Å². The molecule has 70 valence electrons. The van der Waals surface area contributed by atoms with Crippen molar-refractivity contribution in [2.45, 2.75) is 6.92 Å². The van der Waals surface area contributed by atoms with Gasteiger partial charge in [-0.15, -0.1) is 0 Å². The zero-order valence-electron chi connectivity index (χ0n) is 7.26. The molecule has 12 heavy (non-hydrogen) atoms. The Bertz CT molecular complexity index is 159. The molecular formula is C7H14N2O3. The Morgan fingerprint density at radius 2 is 1.92 bits per heavy atom. The summed E-state index contributed by atoms with van der Waals surface area (Å²) in [5.74, 6) is -1.06. The fourth-order valence-electron chi connectivity index (χ4n) is 0.102. The number of carboxylic acid groups (broad SMARTS) is 1. The van der Waals surface area contributed by atoms with E-state index < -0.39 is 5.97 Å². The fraction of sp³-hybridized carbons (Fsp3) is 0.429. The van der Waals surface area contributed by atoms with Gasteiger partial charge in [-0.3, -0.25) is 4.79 Å². The Hall–Kier alpha value is -1.36. The molecule has 0 atom stereocenters. The Labute approximate surface area is 71.3 Å². The fourth-order valence-corrected chi connectivity index (χ4v) is 0.102. The number of rotatable bonds is 2. The molecular weight excluding hydrogens is 160 g/mol. The molecule has 0 aromatic heterocycles. The molecule has 0 aliphatic rings. The van der Waals surface area contributed by atoms with Crippen molar-refractivity contribution in [1.82, 2.24) is 5.32 Å². The first-order valence-corrected chi connectivity index (χ1v) is 3.25. The topological polar surface area (TPSA) is 92.4 Å². The van der Waals surface area contributed by atoms with E-state index in [1.54, 1.807) is 7.05 Å². The molecule has 0 aromatic carbocycles. The minimum absolute atomic E-state index is 0.0799. The van der Waals surface area contributed by atoms with Gasteiger partial charge in [0.25, 0.3) is 0 Å². The number of amides is 1. The van der Waals surface area contributed by atoms with Crippen LogP contribution in [0.4, 0.5) is 0 Å². The van der Waals surface area contributed by atoms with Crippen molar-refractivity contribution in [3.63, 3.8) is 0 Å². The zero-order chi connectivity index (χ0) is 10.1. The van der Waals surface area contributed by atoms with Gasteiger partial charge in [0, 0.05) is 12.6 Å². The molecule has 0 spiro atoms. The van der Waals surface area contributed by atoms with Crippen molar-refractivity contribution >= 4 is 11.9 Å². The highest BCUT2D eigenvalue weighted by atomic mass is 16.4. The molecule has 0 fully saturated rings. The first-order valence-electron chi connectivity index (χ1n) is 3.25. The first-order chi connectivity index (χ1) is 5.45. The second-order valence-electron chi connectivity index (χ2n) is 1.96. The number of aliphatic carboxylic acids is 1. The van der Waals surface area contributed by atoms with Crippen LogP contribution in [0.15, 0.2) is 12.2 Å². The molecule has 5 nitrogen and oxygen atoms in total. The Balaban J connectivity index is 0. The minimum Gasteiger partial charge on any atom is -0.478 e. The summed E-state index contributed by atoms with van der Waals surface area (Å²) in [6.45, 7) is 4.68. The Morgan fingerprint density at radius 1 is 1.58 bits per heavy atom. The second-order valence-corrected chi connectivity index (χ2v) is 1.96. The zero-order valence-corrected chi connectivity index (χ0v) is 7.26. The van der Waals surface area contributed by atoms with E-state index in [0.29, 0.717) is 0 Å². The molecule has 0 rings (SSSR count). The SMILES string of the molecule is C=C(C)C(=O)O.CNC(=O)CN. The summed E-state index contributed by atoms with van der Waals surface area (Å²) in [5.41, 5.74) is 5.05. The maximum absolute atomic E-state index is 9.94. The van der Waals surface area contributed by atoms with Crippen LogP contribution in [0.3, 0.4) is 0 Å². The van der Waals surface area contributed by atoms with Crippen LogP contribution in [0, 0.1) is 0 Å². The first kappa shape index (κ1) is 13.2. The van der Waals surface area contributed by atoms with Gasteiger partial charge in [0.15, 0.2) is 0 Å². The van der Waals surface area contributed by atoms with Crippen molar-refractivity contribution in [3.05, 3.63) is 12.2 Å². The molecule has 0 saturated heterocycles. The van der Waals surface area contributed by atoms with E-state index >= 15 is 0 Å². The Kier molecular flexibility index (Phi) is 8.55. The largest absolute Gasteiger partial charge is 0.478 e. The molecule has 0 saturated carbocycles. The van der Waals surface area contributed by atoms with Crippen LogP contribution in [-0.4, -0.2) is 30.6 Å². The molecule has 0 radical (unpaired) electrons. The molecule has 1 amide bonds. The summed E-state index contributed by atoms with van der Waals surface area (Å²) < 4.78 is 0. The van der Waals surface area contributed by atoms with Crippen molar-refractivity contribution < 1.29 is 14.7 Å². The molecule has 0 aromatic rings. The Morgan fingerprint density at radius 3 is 1.92 bits per heavy atom. The van der Waals surface area contributed by atoms with Gasteiger partial charge in [0.05, 0.1) is 6.54 Å². The van der Waals surface area contributed by atoms with Gasteiger partial charge in [0.2, 0.25) is 5.91 Å². The molecule has 0 bridgehead atoms. The van der Waals surface area contributed by atoms with Crippen LogP contribution in [0.1, 0.15) is 6.92 Å². The smallest absolute Gasteiger partial charge is 0.330 e. The number of likely N-dealkylation sites (N-methyl/N-ethyl adjacent to an activating group) is 1. The number of carbonyl (C=O) groups is 2. The summed E-state index contributed by atoms with van der Waals surface area (Å²) in [5, 5.41) is 10.2. The monoisotopic (exact) mass is 174 g/mol. The third-order valence-corrected chi connectivity index (χ3v) is 0.829. The predicted molar refractivity (Wildman–Crippen MR) is 45.6 cm³/mol. The number of carboxylic acids is 1. The minimum atomic E-state index is -0.935. The number of hydrogen-bond donors (Lipinski definition) is 3. The van der Waals surface area contributed by atoms with Gasteiger partial charge in [0.1, 0.15) is 0 Å². The molecule has 0 aliphatic carbocycles. The van der Waals surface area contributed by atoms with Gasteiger partial charge in [-0.25, -0.2) is 4.79 Å². The predicted octanol–water partition coefficient (Wildman–Crippen LogP) is -0.662. The van der Waals surface area contributed by atoms with Crippen molar-refractivity contribution in [2.75, 3.05) is 13.6 Å². The quantitative estimate of drug-likeness (QED) is 0.484. The number of hydrogen-bond acceptors (Lipinski definition) is 3. The van der Waals surface area contributed by atoms with E-state index in [0.717, 1.165) is 0 Å². The lowest BCUT2D eigenvalue weighted by atomic mass is 10.4. The average molecular weight is 174 g/mol. The second kappa shape index (κ2) is 7.74. The molecule has 4 N–H and O–H groups in total. The lowest BCUT2D eigenvalue weighted by Gasteiger charge is -1.87. The third kappa shape index (κ3) is 11.4. The maximum atomic E-state index is 9.94. The van der Waals surface area contributed by atoms with Gasteiger partial charge in [-0.05, 0) is 6.92 Å². The van der Waals surface area contributed by atoms with Crippen molar-refractivity contribution in [3.8, 4) is 0 Å². The van der Waals surface area contributed by atoms with E-state index in [1.165, 1.54) is 6.92 Å². The highest BCUT2D eigenvalue weighted by molar-refractivity contribution is 5.84. The summed E-state index contributed by atoms with van der Waals surface area (Å²) in [6.07, 6.45) is 0. The lowest BCUT2D eigenvalue weighted by Crippen LogP contribution is -2.26. The number of carbonyl (C=O) groups excluding carboxylic acids is 1. The number of nitrogens with one attached hydrogen (secondary N) is 1. The van der Waals surface area contributed by atoms with Gasteiger partial charge in [-0.2, -0.15) is 0 Å². The highest BCUT2D eigenvalue weighted by Crippen LogP contribution is 1.81. The average Bonchev–Trinajstić information content (AvgIpc) is 2.04. The normalized spacial score (nSPS) is 7.58. The molecule has 5 heteroatoms. The molecule has 0 unspecified atom stereocenters. The van der Waals surface area contributed by atoms with E-state index in [9.17, 15) is 9.59 Å². The van der Waals surface area contributed by atoms with E-state index in [4.69, 9.17) is 10.8 Å². The van der Waals surface area contributed by atoms with E-state index in [1.807, 2.05) is 0 Å². The maximum Gasteiger partial charge on any atom is 0.330 e. The highest BCUT2D eigenvalue weighted by Gasteiger charge is 1.90. The van der Waals surface area contributed by atoms with Crippen molar-refractivity contribution in [1.29, 1.82) is 0 Å². The van der Waals surface area contributed by atoms with Gasteiger partial charge in [-0.1, -0.05) is 6.58 Å². The molecule has 0 heterocycles. The number of nitrogens with two attached hydrogens (primary N) is 1. The van der Waals surface area contributed by atoms with Gasteiger partial charge < -0.3 is 16.2 Å². The summed E-state index contributed by atoms with van der Waals surface area (Å²) in [4.78, 5) is 19.5. The van der Waals surface area contributed by atoms with Crippen LogP contribution in [0.25, 0.3) is 0 Å². The van der Waals surface area contributed by atoms with Crippen LogP contribution in [-0.2, 0) is 9.59 Å². The standard InChI is InChI=1S/C4H6O2.C3H8N2O/c1-3(2)4(5)6;1-5-3(6)2-4/h1H2,2H3,(H,5,6);2,4H2,1H3,(H,5,6). The van der Waals surface area contributed by atoms with Crippen molar-refractivity contribution in [2.24, 2.45) is 5.73 Å². The summed E-state index contributed by atoms with van der Waals surface area (Å²) >= 11 is 0. The van der Waals surface area contributed by atoms with Gasteiger partial charge >= 0.3 is 5.97 Å². The van der Waals surface area contributed by atoms with Crippen LogP contribution < -0.4 is 11.1 Å². The van der Waals surface area contributed by atoms with E-state index in [-0.39, 0.29) is 18.0 Å². The summed E-state index contributed by atoms with van der Waals surface area (Å²) in [6, 6.07) is 0. The van der Waals surface area contributed by atoms with Crippen LogP contribution in [0.2, 0.25) is 0 Å². The lowest BCUT2D eigenvalue weighted by molar-refractivity contribution is -0.132. The van der Waals surface area contributed by atoms with Crippen LogP contribution >= 0.6 is 0 Å². The van der Waals surface area contributed by atoms with E-state index in [2.05, 4.69) is 11.9 Å². The third-order valence-electron chi connectivity index (χ3n) is 0.829. The summed E-state index contributed by atoms with van der Waals surface area (Å²) in [7, 11) is 1.55. The molecule has 0 aliphatic heterocycles.